The summed E-state index contributed by atoms with van der Waals surface area (Å²) in [7, 11) is 0. The van der Waals surface area contributed by atoms with Crippen LogP contribution in [0.1, 0.15) is 75.7 Å². The van der Waals surface area contributed by atoms with Gasteiger partial charge in [0, 0.05) is 12.7 Å². The monoisotopic (exact) mass is 315 g/mol. The highest BCUT2D eigenvalue weighted by Crippen LogP contribution is 2.18. The zero-order chi connectivity index (χ0) is 13.2. The van der Waals surface area contributed by atoms with E-state index in [0.29, 0.717) is 4.83 Å². The lowest BCUT2D eigenvalue weighted by atomic mass is 10.1. The standard InChI is InChI=1S/C14H26BrN3/c1-3-4-5-6-7-8-9-10-11-18-12-14(13(2)15)16-17-18/h12-13H,3-11H2,1-2H3. The predicted octanol–water partition coefficient (Wildman–Crippen LogP) is 4.87. The first-order chi connectivity index (χ1) is 8.74. The second-order valence-corrected chi connectivity index (χ2v) is 6.37. The third-order valence-electron chi connectivity index (χ3n) is 3.20. The molecule has 1 unspecified atom stereocenters. The number of unbranched alkanes of at least 4 members (excludes halogenated alkanes) is 7. The zero-order valence-corrected chi connectivity index (χ0v) is 13.3. The van der Waals surface area contributed by atoms with Crippen LogP contribution in [0.3, 0.4) is 0 Å². The highest BCUT2D eigenvalue weighted by atomic mass is 79.9. The predicted molar refractivity (Wildman–Crippen MR) is 80.0 cm³/mol. The van der Waals surface area contributed by atoms with Crippen molar-refractivity contribution in [3.05, 3.63) is 11.9 Å². The Balaban J connectivity index is 2.00. The Labute approximate surface area is 119 Å². The number of aromatic nitrogens is 3. The lowest BCUT2D eigenvalue weighted by Gasteiger charge is -2.02. The van der Waals surface area contributed by atoms with Crippen molar-refractivity contribution < 1.29 is 0 Å². The van der Waals surface area contributed by atoms with Gasteiger partial charge in [0.05, 0.1) is 10.5 Å². The summed E-state index contributed by atoms with van der Waals surface area (Å²) in [4.78, 5) is 0.296. The number of halogens is 1. The van der Waals surface area contributed by atoms with Gasteiger partial charge in [-0.3, -0.25) is 4.68 Å². The third-order valence-corrected chi connectivity index (χ3v) is 3.67. The van der Waals surface area contributed by atoms with Crippen molar-refractivity contribution in [3.8, 4) is 0 Å². The van der Waals surface area contributed by atoms with Crippen LogP contribution in [0, 0.1) is 0 Å². The van der Waals surface area contributed by atoms with Crippen molar-refractivity contribution in [3.63, 3.8) is 0 Å². The Morgan fingerprint density at radius 3 is 2.28 bits per heavy atom. The van der Waals surface area contributed by atoms with E-state index in [4.69, 9.17) is 0 Å². The van der Waals surface area contributed by atoms with E-state index < -0.39 is 0 Å². The maximum Gasteiger partial charge on any atom is 0.0960 e. The van der Waals surface area contributed by atoms with E-state index >= 15 is 0 Å². The van der Waals surface area contributed by atoms with Gasteiger partial charge in [-0.2, -0.15) is 0 Å². The molecule has 0 saturated heterocycles. The van der Waals surface area contributed by atoms with Crippen LogP contribution in [-0.2, 0) is 6.54 Å². The minimum Gasteiger partial charge on any atom is -0.252 e. The maximum atomic E-state index is 4.13. The number of nitrogens with zero attached hydrogens (tertiary/aromatic N) is 3. The Kier molecular flexibility index (Phi) is 8.31. The summed E-state index contributed by atoms with van der Waals surface area (Å²) >= 11 is 3.50. The average molecular weight is 316 g/mol. The van der Waals surface area contributed by atoms with Gasteiger partial charge < -0.3 is 0 Å². The summed E-state index contributed by atoms with van der Waals surface area (Å²) in [6, 6.07) is 0. The van der Waals surface area contributed by atoms with Crippen LogP contribution in [0.4, 0.5) is 0 Å². The summed E-state index contributed by atoms with van der Waals surface area (Å²) in [6.45, 7) is 5.34. The van der Waals surface area contributed by atoms with Crippen molar-refractivity contribution >= 4 is 15.9 Å². The SMILES string of the molecule is CCCCCCCCCCn1cc(C(C)Br)nn1. The van der Waals surface area contributed by atoms with E-state index in [-0.39, 0.29) is 0 Å². The molecule has 0 amide bonds. The van der Waals surface area contributed by atoms with E-state index in [0.717, 1.165) is 12.2 Å². The smallest absolute Gasteiger partial charge is 0.0960 e. The van der Waals surface area contributed by atoms with E-state index in [1.54, 1.807) is 0 Å². The quantitative estimate of drug-likeness (QED) is 0.455. The van der Waals surface area contributed by atoms with Crippen molar-refractivity contribution in [2.75, 3.05) is 0 Å². The Bertz CT molecular complexity index is 310. The molecule has 0 aliphatic heterocycles. The normalized spacial score (nSPS) is 12.8. The topological polar surface area (TPSA) is 30.7 Å². The van der Waals surface area contributed by atoms with E-state index in [1.807, 2.05) is 10.9 Å². The lowest BCUT2D eigenvalue weighted by molar-refractivity contribution is 0.511. The Morgan fingerprint density at radius 2 is 1.72 bits per heavy atom. The van der Waals surface area contributed by atoms with Crippen LogP contribution in [0.2, 0.25) is 0 Å². The molecule has 0 spiro atoms. The highest BCUT2D eigenvalue weighted by Gasteiger charge is 2.05. The van der Waals surface area contributed by atoms with Gasteiger partial charge in [0.1, 0.15) is 0 Å². The molecule has 1 heterocycles. The number of rotatable bonds is 10. The van der Waals surface area contributed by atoms with Gasteiger partial charge in [0.2, 0.25) is 0 Å². The molecular formula is C14H26BrN3. The summed E-state index contributed by atoms with van der Waals surface area (Å²) < 4.78 is 1.96. The molecular weight excluding hydrogens is 290 g/mol. The fourth-order valence-corrected chi connectivity index (χ4v) is 2.22. The van der Waals surface area contributed by atoms with Crippen LogP contribution >= 0.6 is 15.9 Å². The third kappa shape index (κ3) is 6.53. The van der Waals surface area contributed by atoms with Gasteiger partial charge in [-0.15, -0.1) is 5.10 Å². The summed E-state index contributed by atoms with van der Waals surface area (Å²) in [5.74, 6) is 0. The Morgan fingerprint density at radius 1 is 1.11 bits per heavy atom. The zero-order valence-electron chi connectivity index (χ0n) is 11.7. The van der Waals surface area contributed by atoms with Gasteiger partial charge in [-0.05, 0) is 13.3 Å². The number of alkyl halides is 1. The first-order valence-corrected chi connectivity index (χ1v) is 8.19. The van der Waals surface area contributed by atoms with Crippen molar-refractivity contribution in [2.24, 2.45) is 0 Å². The van der Waals surface area contributed by atoms with Gasteiger partial charge in [-0.1, -0.05) is 73.0 Å². The second kappa shape index (κ2) is 9.54. The largest absolute Gasteiger partial charge is 0.252 e. The van der Waals surface area contributed by atoms with Gasteiger partial charge in [0.15, 0.2) is 0 Å². The van der Waals surface area contributed by atoms with E-state index in [1.165, 1.54) is 51.4 Å². The van der Waals surface area contributed by atoms with Crippen LogP contribution in [0.25, 0.3) is 0 Å². The van der Waals surface area contributed by atoms with Crippen molar-refractivity contribution in [1.29, 1.82) is 0 Å². The molecule has 0 fully saturated rings. The van der Waals surface area contributed by atoms with Crippen LogP contribution in [0.15, 0.2) is 6.20 Å². The fraction of sp³-hybridized carbons (Fsp3) is 0.857. The van der Waals surface area contributed by atoms with Gasteiger partial charge in [0.25, 0.3) is 0 Å². The number of aryl methyl sites for hydroxylation is 1. The molecule has 0 radical (unpaired) electrons. The first-order valence-electron chi connectivity index (χ1n) is 7.28. The number of hydrogen-bond donors (Lipinski definition) is 0. The Hall–Kier alpha value is -0.380. The first kappa shape index (κ1) is 15.7. The molecule has 104 valence electrons. The minimum atomic E-state index is 0.296. The molecule has 1 atom stereocenters. The number of hydrogen-bond acceptors (Lipinski definition) is 2. The summed E-state index contributed by atoms with van der Waals surface area (Å²) in [6.07, 6.45) is 12.9. The second-order valence-electron chi connectivity index (χ2n) is 5.00. The molecule has 4 heteroatoms. The van der Waals surface area contributed by atoms with Crippen molar-refractivity contribution in [2.45, 2.75) is 76.6 Å². The van der Waals surface area contributed by atoms with Crippen LogP contribution in [-0.4, -0.2) is 15.0 Å². The molecule has 1 aromatic rings. The van der Waals surface area contributed by atoms with Gasteiger partial charge >= 0.3 is 0 Å². The maximum absolute atomic E-state index is 4.13. The van der Waals surface area contributed by atoms with E-state index in [2.05, 4.69) is 40.1 Å². The van der Waals surface area contributed by atoms with Crippen LogP contribution < -0.4 is 0 Å². The van der Waals surface area contributed by atoms with Crippen LogP contribution in [0.5, 0.6) is 0 Å². The molecule has 0 aromatic carbocycles. The molecule has 0 saturated carbocycles. The molecule has 3 nitrogen and oxygen atoms in total. The molecule has 18 heavy (non-hydrogen) atoms. The van der Waals surface area contributed by atoms with E-state index in [9.17, 15) is 0 Å². The molecule has 0 N–H and O–H groups in total. The highest BCUT2D eigenvalue weighted by molar-refractivity contribution is 9.09. The minimum absolute atomic E-state index is 0.296. The summed E-state index contributed by atoms with van der Waals surface area (Å²) in [5.41, 5.74) is 1.02. The molecule has 0 aliphatic carbocycles. The molecule has 1 rings (SSSR count). The van der Waals surface area contributed by atoms with Crippen molar-refractivity contribution in [1.82, 2.24) is 15.0 Å². The lowest BCUT2D eigenvalue weighted by Crippen LogP contribution is -1.98. The fourth-order valence-electron chi connectivity index (χ4n) is 2.01. The average Bonchev–Trinajstić information content (AvgIpc) is 2.81. The van der Waals surface area contributed by atoms with Gasteiger partial charge in [-0.25, -0.2) is 0 Å². The molecule has 0 bridgehead atoms. The molecule has 0 aliphatic rings. The summed E-state index contributed by atoms with van der Waals surface area (Å²) in [5, 5.41) is 8.26. The molecule has 1 aromatic heterocycles.